The van der Waals surface area contributed by atoms with E-state index in [1.807, 2.05) is 0 Å². The first-order valence-electron chi connectivity index (χ1n) is 7.14. The number of carbonyl (C=O) groups is 1. The van der Waals surface area contributed by atoms with Crippen molar-refractivity contribution in [1.29, 1.82) is 0 Å². The quantitative estimate of drug-likeness (QED) is 0.863. The van der Waals surface area contributed by atoms with Crippen molar-refractivity contribution in [3.63, 3.8) is 0 Å². The molecule has 0 atom stereocenters. The van der Waals surface area contributed by atoms with Crippen molar-refractivity contribution in [3.8, 4) is 0 Å². The zero-order valence-corrected chi connectivity index (χ0v) is 14.6. The maximum atomic E-state index is 12.3. The molecule has 3 rings (SSSR count). The molecule has 0 aliphatic carbocycles. The second kappa shape index (κ2) is 6.33. The monoisotopic (exact) mass is 394 g/mol. The molecule has 1 amide bonds. The van der Waals surface area contributed by atoms with Gasteiger partial charge in [0.1, 0.15) is 0 Å². The molecule has 0 bridgehead atoms. The maximum Gasteiger partial charge on any atom is 0.261 e. The Morgan fingerprint density at radius 2 is 1.65 bits per heavy atom. The van der Waals surface area contributed by atoms with Gasteiger partial charge in [0.25, 0.3) is 10.0 Å². The van der Waals surface area contributed by atoms with E-state index in [-0.39, 0.29) is 10.8 Å². The van der Waals surface area contributed by atoms with Gasteiger partial charge in [-0.1, -0.05) is 15.9 Å². The summed E-state index contributed by atoms with van der Waals surface area (Å²) in [5.74, 6) is 0.105. The summed E-state index contributed by atoms with van der Waals surface area (Å²) in [4.78, 5) is 13.6. The Morgan fingerprint density at radius 1 is 1.00 bits per heavy atom. The Hall–Kier alpha value is -1.86. The highest BCUT2D eigenvalue weighted by Gasteiger charge is 2.21. The van der Waals surface area contributed by atoms with Crippen LogP contribution >= 0.6 is 15.9 Å². The van der Waals surface area contributed by atoms with Gasteiger partial charge < -0.3 is 4.90 Å². The molecule has 2 aromatic carbocycles. The fourth-order valence-electron chi connectivity index (χ4n) is 2.46. The molecule has 23 heavy (non-hydrogen) atoms. The highest BCUT2D eigenvalue weighted by molar-refractivity contribution is 9.10. The van der Waals surface area contributed by atoms with Crippen molar-refractivity contribution in [3.05, 3.63) is 53.0 Å². The number of amides is 1. The molecule has 0 spiro atoms. The largest absolute Gasteiger partial charge is 0.312 e. The van der Waals surface area contributed by atoms with Gasteiger partial charge in [-0.15, -0.1) is 0 Å². The summed E-state index contributed by atoms with van der Waals surface area (Å²) < 4.78 is 28.0. The Morgan fingerprint density at radius 3 is 2.22 bits per heavy atom. The minimum atomic E-state index is -3.62. The van der Waals surface area contributed by atoms with E-state index in [9.17, 15) is 13.2 Å². The topological polar surface area (TPSA) is 66.5 Å². The van der Waals surface area contributed by atoms with Crippen molar-refractivity contribution < 1.29 is 13.2 Å². The van der Waals surface area contributed by atoms with Crippen LogP contribution in [0, 0.1) is 0 Å². The van der Waals surface area contributed by atoms with Crippen molar-refractivity contribution in [2.75, 3.05) is 16.2 Å². The van der Waals surface area contributed by atoms with Crippen LogP contribution in [0.25, 0.3) is 0 Å². The van der Waals surface area contributed by atoms with Crippen molar-refractivity contribution in [2.24, 2.45) is 0 Å². The van der Waals surface area contributed by atoms with Gasteiger partial charge in [0.15, 0.2) is 0 Å². The molecule has 1 aliphatic heterocycles. The first-order chi connectivity index (χ1) is 11.0. The number of nitrogens with one attached hydrogen (secondary N) is 1. The summed E-state index contributed by atoms with van der Waals surface area (Å²) >= 11 is 3.28. The van der Waals surface area contributed by atoms with E-state index in [1.54, 1.807) is 41.3 Å². The third-order valence-electron chi connectivity index (χ3n) is 3.63. The number of hydrogen-bond acceptors (Lipinski definition) is 3. The summed E-state index contributed by atoms with van der Waals surface area (Å²) in [5, 5.41) is 0. The molecule has 2 aromatic rings. The summed E-state index contributed by atoms with van der Waals surface area (Å²) in [6, 6.07) is 13.3. The van der Waals surface area contributed by atoms with Crippen LogP contribution in [0.3, 0.4) is 0 Å². The number of carbonyl (C=O) groups excluding carboxylic acids is 1. The minimum Gasteiger partial charge on any atom is -0.312 e. The van der Waals surface area contributed by atoms with Crippen LogP contribution in [-0.2, 0) is 14.8 Å². The number of sulfonamides is 1. The molecule has 0 saturated carbocycles. The predicted octanol–water partition coefficient (Wildman–Crippen LogP) is 3.38. The minimum absolute atomic E-state index is 0.105. The summed E-state index contributed by atoms with van der Waals surface area (Å²) in [7, 11) is -3.62. The molecule has 1 heterocycles. The molecule has 120 valence electrons. The Labute approximate surface area is 143 Å². The third-order valence-corrected chi connectivity index (χ3v) is 5.55. The molecular formula is C16H15BrN2O3S. The van der Waals surface area contributed by atoms with E-state index in [1.165, 1.54) is 12.1 Å². The van der Waals surface area contributed by atoms with Crippen LogP contribution < -0.4 is 9.62 Å². The average Bonchev–Trinajstić information content (AvgIpc) is 2.94. The fraction of sp³-hybridized carbons (Fsp3) is 0.188. The van der Waals surface area contributed by atoms with Crippen LogP contribution in [0.2, 0.25) is 0 Å². The zero-order chi connectivity index (χ0) is 16.4. The lowest BCUT2D eigenvalue weighted by Gasteiger charge is -2.16. The summed E-state index contributed by atoms with van der Waals surface area (Å²) in [6.45, 7) is 0.711. The van der Waals surface area contributed by atoms with Gasteiger partial charge in [0.05, 0.1) is 4.90 Å². The standard InChI is InChI=1S/C16H15BrN2O3S/c17-12-3-9-15(10-4-12)23(21,22)18-13-5-7-14(8-6-13)19-11-1-2-16(19)20/h3-10,18H,1-2,11H2. The van der Waals surface area contributed by atoms with Crippen molar-refractivity contribution in [1.82, 2.24) is 0 Å². The second-order valence-electron chi connectivity index (χ2n) is 5.26. The Balaban J connectivity index is 1.77. The van der Waals surface area contributed by atoms with E-state index in [0.717, 1.165) is 16.6 Å². The number of hydrogen-bond donors (Lipinski definition) is 1. The number of nitrogens with zero attached hydrogens (tertiary/aromatic N) is 1. The van der Waals surface area contributed by atoms with Crippen LogP contribution in [-0.4, -0.2) is 20.9 Å². The Bertz CT molecular complexity index is 817. The Kier molecular flexibility index (Phi) is 4.41. The zero-order valence-electron chi connectivity index (χ0n) is 12.2. The number of anilines is 2. The lowest BCUT2D eigenvalue weighted by molar-refractivity contribution is -0.117. The van der Waals surface area contributed by atoms with Gasteiger partial charge in [-0.3, -0.25) is 9.52 Å². The average molecular weight is 395 g/mol. The van der Waals surface area contributed by atoms with E-state index in [2.05, 4.69) is 20.7 Å². The number of rotatable bonds is 4. The normalized spacial score (nSPS) is 15.0. The maximum absolute atomic E-state index is 12.3. The van der Waals surface area contributed by atoms with Crippen LogP contribution in [0.4, 0.5) is 11.4 Å². The van der Waals surface area contributed by atoms with E-state index >= 15 is 0 Å². The van der Waals surface area contributed by atoms with Gasteiger partial charge in [0, 0.05) is 28.8 Å². The second-order valence-corrected chi connectivity index (χ2v) is 7.85. The van der Waals surface area contributed by atoms with Gasteiger partial charge in [-0.2, -0.15) is 0 Å². The smallest absolute Gasteiger partial charge is 0.261 e. The summed E-state index contributed by atoms with van der Waals surface area (Å²) in [5.41, 5.74) is 1.25. The molecule has 1 aliphatic rings. The molecule has 0 aromatic heterocycles. The van der Waals surface area contributed by atoms with E-state index in [4.69, 9.17) is 0 Å². The number of halogens is 1. The molecule has 1 fully saturated rings. The number of benzene rings is 2. The van der Waals surface area contributed by atoms with Gasteiger partial charge in [0.2, 0.25) is 5.91 Å². The molecule has 0 radical (unpaired) electrons. The van der Waals surface area contributed by atoms with Gasteiger partial charge in [-0.25, -0.2) is 8.42 Å². The highest BCUT2D eigenvalue weighted by atomic mass is 79.9. The predicted molar refractivity (Wildman–Crippen MR) is 93.0 cm³/mol. The molecule has 5 nitrogen and oxygen atoms in total. The van der Waals surface area contributed by atoms with Gasteiger partial charge >= 0.3 is 0 Å². The molecule has 1 saturated heterocycles. The molecule has 1 N–H and O–H groups in total. The van der Waals surface area contributed by atoms with Crippen LogP contribution in [0.15, 0.2) is 57.9 Å². The van der Waals surface area contributed by atoms with Crippen molar-refractivity contribution in [2.45, 2.75) is 17.7 Å². The molecule has 0 unspecified atom stereocenters. The first kappa shape index (κ1) is 16.0. The first-order valence-corrected chi connectivity index (χ1v) is 9.42. The molecule has 7 heteroatoms. The summed E-state index contributed by atoms with van der Waals surface area (Å²) in [6.07, 6.45) is 1.43. The fourth-order valence-corrected chi connectivity index (χ4v) is 3.78. The SMILES string of the molecule is O=C1CCCN1c1ccc(NS(=O)(=O)c2ccc(Br)cc2)cc1. The third kappa shape index (κ3) is 3.56. The van der Waals surface area contributed by atoms with E-state index < -0.39 is 10.0 Å². The van der Waals surface area contributed by atoms with E-state index in [0.29, 0.717) is 18.7 Å². The van der Waals surface area contributed by atoms with Gasteiger partial charge in [-0.05, 0) is 55.0 Å². The lowest BCUT2D eigenvalue weighted by atomic mass is 10.2. The van der Waals surface area contributed by atoms with Crippen LogP contribution in [0.1, 0.15) is 12.8 Å². The lowest BCUT2D eigenvalue weighted by Crippen LogP contribution is -2.23. The van der Waals surface area contributed by atoms with Crippen LogP contribution in [0.5, 0.6) is 0 Å². The molecular weight excluding hydrogens is 380 g/mol. The highest BCUT2D eigenvalue weighted by Crippen LogP contribution is 2.24. The van der Waals surface area contributed by atoms with Crippen molar-refractivity contribution >= 4 is 43.2 Å².